The molecule has 0 nitrogen and oxygen atoms in total. The average Bonchev–Trinajstić information content (AvgIpc) is 2.53. The summed E-state index contributed by atoms with van der Waals surface area (Å²) in [5, 5.41) is -0.702. The van der Waals surface area contributed by atoms with E-state index in [1.165, 1.54) is 0 Å². The van der Waals surface area contributed by atoms with Gasteiger partial charge >= 0.3 is 0 Å². The van der Waals surface area contributed by atoms with Crippen molar-refractivity contribution in [2.24, 2.45) is 0 Å². The van der Waals surface area contributed by atoms with Crippen molar-refractivity contribution in [1.82, 2.24) is 0 Å². The summed E-state index contributed by atoms with van der Waals surface area (Å²) in [6.07, 6.45) is 0. The Morgan fingerprint density at radius 2 is 0.950 bits per heavy atom. The van der Waals surface area contributed by atoms with E-state index in [-0.39, 0.29) is 10.8 Å². The zero-order valence-electron chi connectivity index (χ0n) is 10.7. The summed E-state index contributed by atoms with van der Waals surface area (Å²) in [5.74, 6) is 11.3. The van der Waals surface area contributed by atoms with Gasteiger partial charge < -0.3 is 0 Å². The van der Waals surface area contributed by atoms with Crippen molar-refractivity contribution in [3.8, 4) is 23.7 Å². The summed E-state index contributed by atoms with van der Waals surface area (Å²) in [6.45, 7) is 0. The van der Waals surface area contributed by atoms with Crippen molar-refractivity contribution in [2.75, 3.05) is 0 Å². The minimum absolute atomic E-state index is 0.351. The van der Waals surface area contributed by atoms with Gasteiger partial charge in [-0.05, 0) is 23.0 Å². The first-order valence-corrected chi connectivity index (χ1v) is 7.04. The Kier molecular flexibility index (Phi) is 5.57. The molecule has 0 aliphatic rings. The summed E-state index contributed by atoms with van der Waals surface area (Å²) in [5.41, 5.74) is 1.93. The largest absolute Gasteiger partial charge is 0.120 e. The number of benzene rings is 2. The molecule has 0 aliphatic heterocycles. The van der Waals surface area contributed by atoms with Crippen LogP contribution in [0.3, 0.4) is 0 Å². The molecule has 0 bridgehead atoms. The van der Waals surface area contributed by atoms with Crippen LogP contribution in [0.15, 0.2) is 60.7 Å². The standard InChI is InChI=1S/C18H12Cl2/c19-17(15-9-3-1-4-10-15)13-7-8-14-18(20)16-11-5-2-6-12-16/h1-6,9-12,17-18H. The maximum absolute atomic E-state index is 6.16. The highest BCUT2D eigenvalue weighted by atomic mass is 35.5. The van der Waals surface area contributed by atoms with E-state index in [0.29, 0.717) is 0 Å². The normalized spacial score (nSPS) is 12.3. The van der Waals surface area contributed by atoms with Gasteiger partial charge in [-0.3, -0.25) is 0 Å². The SMILES string of the molecule is ClC(C#CC#CC(Cl)c1ccccc1)c1ccccc1. The molecule has 2 atom stereocenters. The summed E-state index contributed by atoms with van der Waals surface area (Å²) in [4.78, 5) is 0. The highest BCUT2D eigenvalue weighted by Crippen LogP contribution is 2.19. The quantitative estimate of drug-likeness (QED) is 0.543. The predicted octanol–water partition coefficient (Wildman–Crippen LogP) is 4.95. The third-order valence-corrected chi connectivity index (χ3v) is 3.37. The van der Waals surface area contributed by atoms with Crippen LogP contribution in [0.1, 0.15) is 21.9 Å². The molecule has 2 heteroatoms. The molecular formula is C18H12Cl2. The monoisotopic (exact) mass is 298 g/mol. The molecule has 0 aromatic heterocycles. The highest BCUT2D eigenvalue weighted by Gasteiger charge is 2.02. The van der Waals surface area contributed by atoms with Crippen LogP contribution in [0.5, 0.6) is 0 Å². The van der Waals surface area contributed by atoms with Crippen LogP contribution in [0, 0.1) is 23.7 Å². The topological polar surface area (TPSA) is 0 Å². The van der Waals surface area contributed by atoms with E-state index in [9.17, 15) is 0 Å². The number of alkyl halides is 2. The van der Waals surface area contributed by atoms with E-state index < -0.39 is 0 Å². The van der Waals surface area contributed by atoms with Crippen LogP contribution >= 0.6 is 23.2 Å². The Hall–Kier alpha value is -1.86. The minimum atomic E-state index is -0.351. The predicted molar refractivity (Wildman–Crippen MR) is 85.6 cm³/mol. The van der Waals surface area contributed by atoms with E-state index in [1.54, 1.807) is 0 Å². The lowest BCUT2D eigenvalue weighted by atomic mass is 10.1. The van der Waals surface area contributed by atoms with Gasteiger partial charge in [0.2, 0.25) is 0 Å². The summed E-state index contributed by atoms with van der Waals surface area (Å²) in [6, 6.07) is 19.4. The molecule has 0 amide bonds. The molecule has 2 aromatic carbocycles. The lowest BCUT2D eigenvalue weighted by Gasteiger charge is -2.00. The van der Waals surface area contributed by atoms with Gasteiger partial charge in [-0.2, -0.15) is 0 Å². The molecule has 2 unspecified atom stereocenters. The fourth-order valence-corrected chi connectivity index (χ4v) is 2.01. The van der Waals surface area contributed by atoms with E-state index in [1.807, 2.05) is 60.7 Å². The van der Waals surface area contributed by atoms with Crippen molar-refractivity contribution in [1.29, 1.82) is 0 Å². The molecule has 98 valence electrons. The van der Waals surface area contributed by atoms with Gasteiger partial charge in [0.15, 0.2) is 0 Å². The van der Waals surface area contributed by atoms with E-state index in [2.05, 4.69) is 23.7 Å². The fourth-order valence-electron chi connectivity index (χ4n) is 1.61. The average molecular weight is 299 g/mol. The lowest BCUT2D eigenvalue weighted by molar-refractivity contribution is 1.26. The molecular weight excluding hydrogens is 287 g/mol. The molecule has 0 saturated carbocycles. The Morgan fingerprint density at radius 3 is 1.30 bits per heavy atom. The summed E-state index contributed by atoms with van der Waals surface area (Å²) in [7, 11) is 0. The van der Waals surface area contributed by atoms with Crippen LogP contribution in [-0.4, -0.2) is 0 Å². The Bertz CT molecular complexity index is 593. The molecule has 0 radical (unpaired) electrons. The molecule has 0 heterocycles. The third kappa shape index (κ3) is 4.36. The minimum Gasteiger partial charge on any atom is -0.103 e. The first kappa shape index (κ1) is 14.5. The Labute approximate surface area is 129 Å². The van der Waals surface area contributed by atoms with Crippen molar-refractivity contribution in [3.63, 3.8) is 0 Å². The van der Waals surface area contributed by atoms with E-state index in [4.69, 9.17) is 23.2 Å². The zero-order chi connectivity index (χ0) is 14.2. The molecule has 20 heavy (non-hydrogen) atoms. The summed E-state index contributed by atoms with van der Waals surface area (Å²) < 4.78 is 0. The second-order valence-electron chi connectivity index (χ2n) is 4.09. The molecule has 0 N–H and O–H groups in total. The van der Waals surface area contributed by atoms with Gasteiger partial charge in [0.05, 0.1) is 0 Å². The van der Waals surface area contributed by atoms with Crippen LogP contribution in [-0.2, 0) is 0 Å². The van der Waals surface area contributed by atoms with Gasteiger partial charge in [-0.25, -0.2) is 0 Å². The first-order chi connectivity index (χ1) is 9.77. The Balaban J connectivity index is 2.00. The zero-order valence-corrected chi connectivity index (χ0v) is 12.2. The van der Waals surface area contributed by atoms with Gasteiger partial charge in [0.1, 0.15) is 10.8 Å². The third-order valence-electron chi connectivity index (χ3n) is 2.64. The van der Waals surface area contributed by atoms with E-state index >= 15 is 0 Å². The molecule has 0 aliphatic carbocycles. The number of halogens is 2. The first-order valence-electron chi connectivity index (χ1n) is 6.16. The van der Waals surface area contributed by atoms with Crippen LogP contribution in [0.2, 0.25) is 0 Å². The van der Waals surface area contributed by atoms with Crippen molar-refractivity contribution in [2.45, 2.75) is 10.8 Å². The van der Waals surface area contributed by atoms with Crippen molar-refractivity contribution in [3.05, 3.63) is 71.8 Å². The molecule has 0 spiro atoms. The van der Waals surface area contributed by atoms with Gasteiger partial charge in [-0.15, -0.1) is 23.2 Å². The number of hydrogen-bond acceptors (Lipinski definition) is 0. The second kappa shape index (κ2) is 7.66. The molecule has 0 saturated heterocycles. The van der Waals surface area contributed by atoms with Crippen LogP contribution in [0.4, 0.5) is 0 Å². The summed E-state index contributed by atoms with van der Waals surface area (Å²) >= 11 is 12.3. The number of rotatable bonds is 2. The van der Waals surface area contributed by atoms with E-state index in [0.717, 1.165) is 11.1 Å². The van der Waals surface area contributed by atoms with Crippen molar-refractivity contribution >= 4 is 23.2 Å². The van der Waals surface area contributed by atoms with Gasteiger partial charge in [0.25, 0.3) is 0 Å². The molecule has 2 aromatic rings. The van der Waals surface area contributed by atoms with Crippen molar-refractivity contribution < 1.29 is 0 Å². The second-order valence-corrected chi connectivity index (χ2v) is 4.96. The van der Waals surface area contributed by atoms with Gasteiger partial charge in [0, 0.05) is 0 Å². The number of hydrogen-bond donors (Lipinski definition) is 0. The smallest absolute Gasteiger partial charge is 0.103 e. The fraction of sp³-hybridized carbons (Fsp3) is 0.111. The maximum Gasteiger partial charge on any atom is 0.120 e. The molecule has 0 fully saturated rings. The maximum atomic E-state index is 6.16. The highest BCUT2D eigenvalue weighted by molar-refractivity contribution is 6.23. The molecule has 2 rings (SSSR count). The lowest BCUT2D eigenvalue weighted by Crippen LogP contribution is -1.85. The Morgan fingerprint density at radius 1 is 0.600 bits per heavy atom. The van der Waals surface area contributed by atoms with Crippen LogP contribution in [0.25, 0.3) is 0 Å². The van der Waals surface area contributed by atoms with Gasteiger partial charge in [-0.1, -0.05) is 72.5 Å². The van der Waals surface area contributed by atoms with Crippen LogP contribution < -0.4 is 0 Å².